The summed E-state index contributed by atoms with van der Waals surface area (Å²) in [6.45, 7) is 5.39. The topological polar surface area (TPSA) is 75.5 Å². The number of carbonyl (C=O) groups is 2. The molecule has 214 valence electrons. The summed E-state index contributed by atoms with van der Waals surface area (Å²) in [5.74, 6) is -0.881. The molecule has 2 aliphatic heterocycles. The normalized spacial score (nSPS) is 16.7. The summed E-state index contributed by atoms with van der Waals surface area (Å²) < 4.78 is 60.6. The van der Waals surface area contributed by atoms with E-state index in [0.717, 1.165) is 17.8 Å². The Bertz CT molecular complexity index is 1710. The third-order valence-electron chi connectivity index (χ3n) is 7.07. The zero-order chi connectivity index (χ0) is 29.6. The minimum absolute atomic E-state index is 0.0185. The maximum absolute atomic E-state index is 15.2. The summed E-state index contributed by atoms with van der Waals surface area (Å²) >= 11 is 1.12. The highest BCUT2D eigenvalue weighted by atomic mass is 32.2. The van der Waals surface area contributed by atoms with Crippen LogP contribution in [-0.2, 0) is 22.3 Å². The Labute approximate surface area is 237 Å². The molecule has 0 bridgehead atoms. The first kappa shape index (κ1) is 28.6. The monoisotopic (exact) mass is 586 g/mol. The van der Waals surface area contributed by atoms with Crippen LogP contribution in [0.2, 0.25) is 0 Å². The number of hydrogen-bond acceptors (Lipinski definition) is 6. The zero-order valence-corrected chi connectivity index (χ0v) is 23.3. The molecule has 3 heterocycles. The van der Waals surface area contributed by atoms with Crippen molar-refractivity contribution in [3.63, 3.8) is 0 Å². The zero-order valence-electron chi connectivity index (χ0n) is 22.5. The van der Waals surface area contributed by atoms with E-state index in [0.29, 0.717) is 18.3 Å². The summed E-state index contributed by atoms with van der Waals surface area (Å²) in [5.41, 5.74) is -1.40. The van der Waals surface area contributed by atoms with E-state index in [1.807, 2.05) is 6.92 Å². The summed E-state index contributed by atoms with van der Waals surface area (Å²) in [7, 11) is 0. The number of amides is 1. The number of aldehydes is 1. The van der Waals surface area contributed by atoms with Gasteiger partial charge in [0.1, 0.15) is 23.7 Å². The van der Waals surface area contributed by atoms with Crippen LogP contribution in [0.25, 0.3) is 22.0 Å². The van der Waals surface area contributed by atoms with Gasteiger partial charge in [0.2, 0.25) is 0 Å². The van der Waals surface area contributed by atoms with Crippen molar-refractivity contribution in [1.82, 2.24) is 14.5 Å². The van der Waals surface area contributed by atoms with E-state index >= 15 is 4.39 Å². The molecule has 1 amide bonds. The van der Waals surface area contributed by atoms with Crippen LogP contribution >= 0.6 is 11.8 Å². The first-order valence-electron chi connectivity index (χ1n) is 13.0. The number of aryl methyl sites for hydroxylation is 2. The Morgan fingerprint density at radius 1 is 1.17 bits per heavy atom. The Morgan fingerprint density at radius 2 is 1.93 bits per heavy atom. The Morgan fingerprint density at radius 3 is 2.59 bits per heavy atom. The van der Waals surface area contributed by atoms with E-state index in [4.69, 9.17) is 0 Å². The smallest absolute Gasteiger partial charge is 0.309 e. The fourth-order valence-corrected chi connectivity index (χ4v) is 6.46. The number of thioether (sulfide) groups is 1. The van der Waals surface area contributed by atoms with Crippen LogP contribution in [0.1, 0.15) is 31.4 Å². The average Bonchev–Trinajstić information content (AvgIpc) is 3.37. The van der Waals surface area contributed by atoms with Gasteiger partial charge in [-0.3, -0.25) is 19.1 Å². The van der Waals surface area contributed by atoms with Crippen LogP contribution in [0.5, 0.6) is 0 Å². The Balaban J connectivity index is 1.85. The molecule has 0 unspecified atom stereocenters. The predicted molar refractivity (Wildman–Crippen MR) is 149 cm³/mol. The van der Waals surface area contributed by atoms with Crippen molar-refractivity contribution in [3.8, 4) is 11.1 Å². The van der Waals surface area contributed by atoms with Crippen LogP contribution in [0.15, 0.2) is 57.5 Å². The number of carbonyl (C=O) groups excluding carboxylic acids is 2. The van der Waals surface area contributed by atoms with Gasteiger partial charge < -0.3 is 4.90 Å². The quantitative estimate of drug-likeness (QED) is 0.218. The number of anilines is 1. The van der Waals surface area contributed by atoms with Gasteiger partial charge in [-0.1, -0.05) is 25.1 Å². The molecule has 7 nitrogen and oxygen atoms in total. The number of hydrogen-bond donors (Lipinski definition) is 0. The molecule has 1 saturated heterocycles. The molecule has 12 heteroatoms. The third-order valence-corrected chi connectivity index (χ3v) is 8.14. The number of benzene rings is 2. The lowest BCUT2D eigenvalue weighted by molar-refractivity contribution is -0.137. The summed E-state index contributed by atoms with van der Waals surface area (Å²) in [6, 6.07) is 4.93. The van der Waals surface area contributed by atoms with Crippen molar-refractivity contribution in [2.24, 2.45) is 0 Å². The van der Waals surface area contributed by atoms with Crippen molar-refractivity contribution < 1.29 is 27.2 Å². The molecule has 5 rings (SSSR count). The second-order valence-corrected chi connectivity index (χ2v) is 10.9. The third kappa shape index (κ3) is 4.94. The lowest BCUT2D eigenvalue weighted by atomic mass is 9.95. The van der Waals surface area contributed by atoms with Gasteiger partial charge in [0, 0.05) is 52.4 Å². The Hall–Kier alpha value is -3.93. The van der Waals surface area contributed by atoms with Crippen molar-refractivity contribution in [2.45, 2.75) is 44.8 Å². The van der Waals surface area contributed by atoms with E-state index in [1.54, 1.807) is 13.0 Å². The fraction of sp³-hybridized carbons (Fsp3) is 0.310. The molecule has 0 aliphatic carbocycles. The van der Waals surface area contributed by atoms with Gasteiger partial charge in [-0.05, 0) is 44.0 Å². The molecule has 0 radical (unpaired) electrons. The average molecular weight is 587 g/mol. The van der Waals surface area contributed by atoms with E-state index < -0.39 is 29.2 Å². The van der Waals surface area contributed by atoms with Gasteiger partial charge in [-0.15, -0.1) is 11.8 Å². The van der Waals surface area contributed by atoms with Gasteiger partial charge in [-0.2, -0.15) is 18.2 Å². The van der Waals surface area contributed by atoms with Crippen molar-refractivity contribution in [2.75, 3.05) is 23.7 Å². The number of aromatic nitrogens is 2. The van der Waals surface area contributed by atoms with Gasteiger partial charge in [0.15, 0.2) is 0 Å². The number of allylic oxidation sites excluding steroid dienone is 2. The number of nitrogens with zero attached hydrogens (tertiary/aromatic N) is 4. The molecular weight excluding hydrogens is 560 g/mol. The number of alkyl halides is 3. The minimum atomic E-state index is -4.87. The maximum atomic E-state index is 15.2. The van der Waals surface area contributed by atoms with Crippen LogP contribution in [0.3, 0.4) is 0 Å². The second-order valence-electron chi connectivity index (χ2n) is 9.80. The summed E-state index contributed by atoms with van der Waals surface area (Å²) in [6.07, 6.45) is -0.704. The molecule has 2 aromatic carbocycles. The highest BCUT2D eigenvalue weighted by Gasteiger charge is 2.40. The van der Waals surface area contributed by atoms with Gasteiger partial charge in [0.05, 0.1) is 11.1 Å². The minimum Gasteiger partial charge on any atom is -0.309 e. The largest absolute Gasteiger partial charge is 0.417 e. The van der Waals surface area contributed by atoms with Crippen LogP contribution in [-0.4, -0.2) is 45.5 Å². The molecule has 0 spiro atoms. The maximum Gasteiger partial charge on any atom is 0.417 e. The van der Waals surface area contributed by atoms with Crippen LogP contribution < -0.4 is 10.6 Å². The molecule has 0 N–H and O–H groups in total. The second kappa shape index (κ2) is 10.8. The first-order chi connectivity index (χ1) is 19.5. The van der Waals surface area contributed by atoms with Crippen LogP contribution in [0.4, 0.5) is 23.4 Å². The molecular formula is C29H26F4N4O3S. The van der Waals surface area contributed by atoms with E-state index in [1.165, 1.54) is 45.6 Å². The highest BCUT2D eigenvalue weighted by molar-refractivity contribution is 7.99. The summed E-state index contributed by atoms with van der Waals surface area (Å²) in [5, 5.41) is 0.0185. The van der Waals surface area contributed by atoms with E-state index in [2.05, 4.69) is 4.98 Å². The Kier molecular flexibility index (Phi) is 7.54. The van der Waals surface area contributed by atoms with E-state index in [9.17, 15) is 27.6 Å². The number of rotatable bonds is 5. The first-order valence-corrected chi connectivity index (χ1v) is 14.0. The lowest BCUT2D eigenvalue weighted by Gasteiger charge is -2.29. The molecule has 0 saturated carbocycles. The fourth-order valence-electron chi connectivity index (χ4n) is 5.27. The van der Waals surface area contributed by atoms with Gasteiger partial charge in [0.25, 0.3) is 5.91 Å². The highest BCUT2D eigenvalue weighted by Crippen LogP contribution is 2.49. The van der Waals surface area contributed by atoms with Crippen LogP contribution in [0, 0.1) is 12.7 Å². The summed E-state index contributed by atoms with van der Waals surface area (Å²) in [4.78, 5) is 45.2. The molecule has 3 aromatic rings. The molecule has 1 aromatic heterocycles. The van der Waals surface area contributed by atoms with Gasteiger partial charge in [-0.25, -0.2) is 9.18 Å². The number of halogens is 4. The van der Waals surface area contributed by atoms with E-state index in [-0.39, 0.29) is 69.5 Å². The van der Waals surface area contributed by atoms with Crippen molar-refractivity contribution in [3.05, 3.63) is 75.2 Å². The SMILES string of the molecule is CC/C=C/C(=O)N1CCN(c2nc(=O)n3c4c(c(-c5ccc(C)cc5F)c(C(F)(F)F)cc24)SCC3)/C1=C(/C)C=O. The predicted octanol–water partition coefficient (Wildman–Crippen LogP) is 5.68. The molecule has 1 fully saturated rings. The van der Waals surface area contributed by atoms with Gasteiger partial charge >= 0.3 is 11.9 Å². The lowest BCUT2D eigenvalue weighted by Crippen LogP contribution is -2.33. The molecule has 2 aliphatic rings. The molecule has 0 atom stereocenters. The van der Waals surface area contributed by atoms with Crippen molar-refractivity contribution >= 4 is 40.7 Å². The molecule has 41 heavy (non-hydrogen) atoms. The van der Waals surface area contributed by atoms with Crippen molar-refractivity contribution in [1.29, 1.82) is 0 Å². The standard InChI is InChI=1S/C29H26F4N4O3S/c1-4-5-6-22(39)35-9-10-37(27(35)17(3)15-38)26-19-14-20(29(31,32)33)23(18-8-7-16(2)13-21(18)30)25-24(19)36(11-12-41-25)28(40)34-26/h5-8,13-15H,4,9-12H2,1-3H3/b6-5+,27-17-.